The van der Waals surface area contributed by atoms with E-state index in [1.807, 2.05) is 0 Å². The first-order valence-corrected chi connectivity index (χ1v) is 5.56. The van der Waals surface area contributed by atoms with Crippen LogP contribution in [0.1, 0.15) is 13.8 Å². The van der Waals surface area contributed by atoms with Crippen molar-refractivity contribution in [1.29, 1.82) is 0 Å². The lowest BCUT2D eigenvalue weighted by molar-refractivity contribution is 0.590. The van der Waals surface area contributed by atoms with Crippen molar-refractivity contribution in [2.24, 2.45) is 0 Å². The van der Waals surface area contributed by atoms with Crippen LogP contribution in [0.2, 0.25) is 0 Å². The maximum atomic E-state index is 3.40. The lowest BCUT2D eigenvalue weighted by atomic mass is 10.4. The summed E-state index contributed by atoms with van der Waals surface area (Å²) in [7, 11) is 2.13. The van der Waals surface area contributed by atoms with E-state index >= 15 is 0 Å². The second-order valence-corrected chi connectivity index (χ2v) is 4.41. The van der Waals surface area contributed by atoms with Gasteiger partial charge in [-0.25, -0.2) is 0 Å². The Morgan fingerprint density at radius 2 is 2.31 bits per heavy atom. The van der Waals surface area contributed by atoms with Crippen LogP contribution in [-0.2, 0) is 0 Å². The number of hydrogen-bond donors (Lipinski definition) is 1. The van der Waals surface area contributed by atoms with E-state index in [0.717, 1.165) is 13.1 Å². The summed E-state index contributed by atoms with van der Waals surface area (Å²) < 4.78 is 0. The smallest absolute Gasteiger partial charge is 0.0906 e. The van der Waals surface area contributed by atoms with Crippen molar-refractivity contribution < 1.29 is 0 Å². The normalized spacial score (nSPS) is 10.8. The molecule has 0 bridgehead atoms. The van der Waals surface area contributed by atoms with E-state index in [2.05, 4.69) is 48.6 Å². The van der Waals surface area contributed by atoms with Gasteiger partial charge in [0.15, 0.2) is 0 Å². The Morgan fingerprint density at radius 3 is 2.85 bits per heavy atom. The maximum Gasteiger partial charge on any atom is 0.0906 e. The van der Waals surface area contributed by atoms with Crippen LogP contribution in [0.3, 0.4) is 0 Å². The van der Waals surface area contributed by atoms with E-state index < -0.39 is 0 Å². The molecule has 0 fully saturated rings. The third-order valence-electron chi connectivity index (χ3n) is 1.88. The molecule has 0 aliphatic carbocycles. The highest BCUT2D eigenvalue weighted by Crippen LogP contribution is 2.18. The zero-order valence-corrected chi connectivity index (χ0v) is 9.40. The van der Waals surface area contributed by atoms with Gasteiger partial charge in [-0.05, 0) is 17.5 Å². The predicted octanol–water partition coefficient (Wildman–Crippen LogP) is 2.18. The minimum Gasteiger partial charge on any atom is -0.365 e. The summed E-state index contributed by atoms with van der Waals surface area (Å²) in [6.07, 6.45) is 0. The molecule has 0 aliphatic heterocycles. The molecule has 0 unspecified atom stereocenters. The number of anilines is 1. The molecule has 1 rings (SSSR count). The fourth-order valence-electron chi connectivity index (χ4n) is 1.12. The van der Waals surface area contributed by atoms with Crippen LogP contribution in [0.25, 0.3) is 0 Å². The van der Waals surface area contributed by atoms with E-state index in [1.54, 1.807) is 11.3 Å². The highest BCUT2D eigenvalue weighted by atomic mass is 32.1. The minimum atomic E-state index is 0.580. The van der Waals surface area contributed by atoms with Gasteiger partial charge in [0.1, 0.15) is 0 Å². The highest BCUT2D eigenvalue weighted by Gasteiger charge is 2.00. The summed E-state index contributed by atoms with van der Waals surface area (Å²) in [4.78, 5) is 2.28. The Morgan fingerprint density at radius 1 is 1.54 bits per heavy atom. The molecule has 1 aromatic heterocycles. The van der Waals surface area contributed by atoms with Gasteiger partial charge in [-0.1, -0.05) is 13.8 Å². The van der Waals surface area contributed by atoms with Crippen LogP contribution in [0, 0.1) is 0 Å². The predicted molar refractivity (Wildman–Crippen MR) is 60.7 cm³/mol. The molecule has 0 aromatic carbocycles. The Kier molecular flexibility index (Phi) is 4.25. The van der Waals surface area contributed by atoms with Gasteiger partial charge in [-0.15, -0.1) is 11.3 Å². The molecule has 74 valence electrons. The van der Waals surface area contributed by atoms with E-state index in [4.69, 9.17) is 0 Å². The molecular formula is C10H18N2S. The molecule has 0 aliphatic rings. The molecule has 3 heteroatoms. The molecule has 0 saturated heterocycles. The van der Waals surface area contributed by atoms with E-state index in [-0.39, 0.29) is 0 Å². The van der Waals surface area contributed by atoms with Gasteiger partial charge in [-0.2, -0.15) is 0 Å². The van der Waals surface area contributed by atoms with E-state index in [9.17, 15) is 0 Å². The van der Waals surface area contributed by atoms with Crippen LogP contribution in [0.4, 0.5) is 5.00 Å². The molecule has 2 nitrogen and oxygen atoms in total. The first kappa shape index (κ1) is 10.5. The van der Waals surface area contributed by atoms with Crippen molar-refractivity contribution in [2.75, 3.05) is 25.0 Å². The summed E-state index contributed by atoms with van der Waals surface area (Å²) >= 11 is 1.79. The summed E-state index contributed by atoms with van der Waals surface area (Å²) in [6, 6.07) is 4.82. The van der Waals surface area contributed by atoms with Gasteiger partial charge in [0.25, 0.3) is 0 Å². The first-order valence-electron chi connectivity index (χ1n) is 4.68. The standard InChI is InChI=1S/C10H18N2S/c1-9(2)11-6-7-12(3)10-5-4-8-13-10/h4-5,8-9,11H,6-7H2,1-3H3. The fraction of sp³-hybridized carbons (Fsp3) is 0.600. The Hall–Kier alpha value is -0.540. The molecule has 0 saturated carbocycles. The third kappa shape index (κ3) is 3.79. The molecule has 0 amide bonds. The van der Waals surface area contributed by atoms with Gasteiger partial charge in [0.2, 0.25) is 0 Å². The van der Waals surface area contributed by atoms with Crippen molar-refractivity contribution in [3.8, 4) is 0 Å². The summed E-state index contributed by atoms with van der Waals surface area (Å²) in [5, 5.41) is 6.85. The Balaban J connectivity index is 2.22. The number of likely N-dealkylation sites (N-methyl/N-ethyl adjacent to an activating group) is 1. The van der Waals surface area contributed by atoms with Gasteiger partial charge >= 0.3 is 0 Å². The molecule has 0 spiro atoms. The average molecular weight is 198 g/mol. The molecular weight excluding hydrogens is 180 g/mol. The van der Waals surface area contributed by atoms with Crippen LogP contribution in [0.15, 0.2) is 17.5 Å². The molecule has 1 N–H and O–H groups in total. The zero-order chi connectivity index (χ0) is 9.68. The van der Waals surface area contributed by atoms with Gasteiger partial charge in [-0.3, -0.25) is 0 Å². The van der Waals surface area contributed by atoms with Crippen molar-refractivity contribution in [3.05, 3.63) is 17.5 Å². The van der Waals surface area contributed by atoms with Crippen LogP contribution < -0.4 is 10.2 Å². The molecule has 0 atom stereocenters. The van der Waals surface area contributed by atoms with Crippen molar-refractivity contribution >= 4 is 16.3 Å². The molecule has 0 radical (unpaired) electrons. The number of nitrogens with zero attached hydrogens (tertiary/aromatic N) is 1. The van der Waals surface area contributed by atoms with E-state index in [1.165, 1.54) is 5.00 Å². The van der Waals surface area contributed by atoms with Crippen LogP contribution in [-0.4, -0.2) is 26.2 Å². The number of thiophene rings is 1. The maximum absolute atomic E-state index is 3.40. The summed E-state index contributed by atoms with van der Waals surface area (Å²) in [5.41, 5.74) is 0. The molecule has 1 heterocycles. The SMILES string of the molecule is CC(C)NCCN(C)c1cccs1. The second kappa shape index (κ2) is 5.25. The van der Waals surface area contributed by atoms with Crippen molar-refractivity contribution in [3.63, 3.8) is 0 Å². The summed E-state index contributed by atoms with van der Waals surface area (Å²) in [5.74, 6) is 0. The van der Waals surface area contributed by atoms with Gasteiger partial charge in [0, 0.05) is 26.2 Å². The zero-order valence-electron chi connectivity index (χ0n) is 8.58. The Labute approximate surface area is 84.6 Å². The van der Waals surface area contributed by atoms with Crippen LogP contribution in [0.5, 0.6) is 0 Å². The lowest BCUT2D eigenvalue weighted by Crippen LogP contribution is -2.32. The summed E-state index contributed by atoms with van der Waals surface area (Å²) in [6.45, 7) is 6.46. The Bertz CT molecular complexity index is 219. The second-order valence-electron chi connectivity index (χ2n) is 3.48. The lowest BCUT2D eigenvalue weighted by Gasteiger charge is -2.18. The van der Waals surface area contributed by atoms with Crippen molar-refractivity contribution in [1.82, 2.24) is 5.32 Å². The third-order valence-corrected chi connectivity index (χ3v) is 2.86. The topological polar surface area (TPSA) is 15.3 Å². The van der Waals surface area contributed by atoms with Crippen molar-refractivity contribution in [2.45, 2.75) is 19.9 Å². The number of hydrogen-bond acceptors (Lipinski definition) is 3. The molecule has 13 heavy (non-hydrogen) atoms. The quantitative estimate of drug-likeness (QED) is 0.780. The minimum absolute atomic E-state index is 0.580. The van der Waals surface area contributed by atoms with Gasteiger partial charge in [0.05, 0.1) is 5.00 Å². The first-order chi connectivity index (χ1) is 6.20. The fourth-order valence-corrected chi connectivity index (χ4v) is 1.84. The largest absolute Gasteiger partial charge is 0.365 e. The average Bonchev–Trinajstić information content (AvgIpc) is 2.55. The van der Waals surface area contributed by atoms with Crippen LogP contribution >= 0.6 is 11.3 Å². The number of rotatable bonds is 5. The molecule has 1 aromatic rings. The highest BCUT2D eigenvalue weighted by molar-refractivity contribution is 7.14. The number of nitrogens with one attached hydrogen (secondary N) is 1. The van der Waals surface area contributed by atoms with E-state index in [0.29, 0.717) is 6.04 Å². The monoisotopic (exact) mass is 198 g/mol. The van der Waals surface area contributed by atoms with Gasteiger partial charge < -0.3 is 10.2 Å².